The van der Waals surface area contributed by atoms with Crippen molar-refractivity contribution in [2.75, 3.05) is 25.9 Å². The Bertz CT molecular complexity index is 191. The summed E-state index contributed by atoms with van der Waals surface area (Å²) in [5.41, 5.74) is 0. The van der Waals surface area contributed by atoms with Crippen LogP contribution in [-0.4, -0.2) is 36.5 Å². The summed E-state index contributed by atoms with van der Waals surface area (Å²) in [6.45, 7) is 3.80. The molecular weight excluding hydrogens is 196 g/mol. The molecule has 0 saturated carbocycles. The number of nitrogens with one attached hydrogen (secondary N) is 2. The first-order valence-electron chi connectivity index (χ1n) is 5.26. The molecule has 1 atom stereocenters. The molecule has 14 heavy (non-hydrogen) atoms. The molecule has 3 nitrogen and oxygen atoms in total. The molecule has 0 aliphatic carbocycles. The fourth-order valence-corrected chi connectivity index (χ4v) is 2.84. The minimum absolute atomic E-state index is 0.153. The van der Waals surface area contributed by atoms with Gasteiger partial charge in [0.15, 0.2) is 0 Å². The van der Waals surface area contributed by atoms with Crippen molar-refractivity contribution in [3.8, 4) is 0 Å². The van der Waals surface area contributed by atoms with Crippen LogP contribution in [0.15, 0.2) is 0 Å². The summed E-state index contributed by atoms with van der Waals surface area (Å²) in [7, 11) is 1.93. The van der Waals surface area contributed by atoms with Crippen molar-refractivity contribution < 1.29 is 4.79 Å². The van der Waals surface area contributed by atoms with Gasteiger partial charge in [0.2, 0.25) is 5.91 Å². The highest BCUT2D eigenvalue weighted by Crippen LogP contribution is 2.37. The molecule has 0 aromatic heterocycles. The monoisotopic (exact) mass is 216 g/mol. The van der Waals surface area contributed by atoms with Gasteiger partial charge in [-0.25, -0.2) is 0 Å². The molecule has 1 saturated heterocycles. The Kier molecular flexibility index (Phi) is 4.75. The van der Waals surface area contributed by atoms with Crippen LogP contribution < -0.4 is 10.6 Å². The lowest BCUT2D eigenvalue weighted by molar-refractivity contribution is -0.123. The van der Waals surface area contributed by atoms with E-state index in [4.69, 9.17) is 0 Å². The van der Waals surface area contributed by atoms with Crippen LogP contribution in [0.25, 0.3) is 0 Å². The Morgan fingerprint density at radius 2 is 2.29 bits per heavy atom. The highest BCUT2D eigenvalue weighted by atomic mass is 32.2. The van der Waals surface area contributed by atoms with E-state index in [0.717, 1.165) is 31.7 Å². The average molecular weight is 216 g/mol. The maximum absolute atomic E-state index is 11.8. The molecule has 1 rings (SSSR count). The zero-order valence-corrected chi connectivity index (χ0v) is 9.88. The van der Waals surface area contributed by atoms with Crippen LogP contribution in [0.5, 0.6) is 0 Å². The highest BCUT2D eigenvalue weighted by molar-refractivity contribution is 8.01. The van der Waals surface area contributed by atoms with E-state index < -0.39 is 0 Å². The van der Waals surface area contributed by atoms with Crippen molar-refractivity contribution in [1.82, 2.24) is 10.6 Å². The maximum atomic E-state index is 11.8. The van der Waals surface area contributed by atoms with E-state index in [1.807, 2.05) is 7.05 Å². The zero-order valence-electron chi connectivity index (χ0n) is 9.06. The van der Waals surface area contributed by atoms with E-state index in [0.29, 0.717) is 0 Å². The molecule has 0 bridgehead atoms. The Morgan fingerprint density at radius 1 is 1.50 bits per heavy atom. The van der Waals surface area contributed by atoms with E-state index in [2.05, 4.69) is 17.6 Å². The van der Waals surface area contributed by atoms with Gasteiger partial charge in [-0.15, -0.1) is 11.8 Å². The van der Waals surface area contributed by atoms with Gasteiger partial charge in [0, 0.05) is 6.54 Å². The second-order valence-electron chi connectivity index (χ2n) is 3.90. The average Bonchev–Trinajstić information content (AvgIpc) is 2.61. The van der Waals surface area contributed by atoms with Crippen LogP contribution in [0.1, 0.15) is 26.2 Å². The van der Waals surface area contributed by atoms with Gasteiger partial charge in [0.05, 0.1) is 4.75 Å². The molecule has 2 N–H and O–H groups in total. The topological polar surface area (TPSA) is 41.1 Å². The van der Waals surface area contributed by atoms with Crippen LogP contribution in [0.3, 0.4) is 0 Å². The largest absolute Gasteiger partial charge is 0.355 e. The second kappa shape index (κ2) is 5.61. The van der Waals surface area contributed by atoms with Gasteiger partial charge in [-0.3, -0.25) is 4.79 Å². The number of hydrogen-bond acceptors (Lipinski definition) is 3. The van der Waals surface area contributed by atoms with Gasteiger partial charge >= 0.3 is 0 Å². The number of amides is 1. The summed E-state index contributed by atoms with van der Waals surface area (Å²) in [4.78, 5) is 11.8. The molecule has 0 aromatic rings. The third-order valence-corrected chi connectivity index (χ3v) is 4.11. The van der Waals surface area contributed by atoms with Gasteiger partial charge < -0.3 is 10.6 Å². The Hall–Kier alpha value is -0.220. The van der Waals surface area contributed by atoms with Crippen LogP contribution in [-0.2, 0) is 4.79 Å². The van der Waals surface area contributed by atoms with Crippen LogP contribution >= 0.6 is 11.8 Å². The van der Waals surface area contributed by atoms with Gasteiger partial charge in [0.25, 0.3) is 0 Å². The molecule has 1 unspecified atom stereocenters. The van der Waals surface area contributed by atoms with Gasteiger partial charge in [-0.05, 0) is 45.5 Å². The molecule has 82 valence electrons. The van der Waals surface area contributed by atoms with Crippen LogP contribution in [0.4, 0.5) is 0 Å². The molecule has 0 radical (unpaired) electrons. The minimum Gasteiger partial charge on any atom is -0.355 e. The van der Waals surface area contributed by atoms with E-state index in [9.17, 15) is 4.79 Å². The summed E-state index contributed by atoms with van der Waals surface area (Å²) in [5, 5.41) is 6.06. The first-order chi connectivity index (χ1) is 6.69. The molecule has 0 aromatic carbocycles. The molecule has 1 aliphatic heterocycles. The maximum Gasteiger partial charge on any atom is 0.235 e. The first kappa shape index (κ1) is 11.9. The van der Waals surface area contributed by atoms with Crippen molar-refractivity contribution in [2.24, 2.45) is 0 Å². The van der Waals surface area contributed by atoms with Crippen molar-refractivity contribution in [1.29, 1.82) is 0 Å². The lowest BCUT2D eigenvalue weighted by Gasteiger charge is -2.21. The molecule has 4 heteroatoms. The Labute approximate surface area is 90.4 Å². The smallest absolute Gasteiger partial charge is 0.235 e. The minimum atomic E-state index is -0.153. The molecule has 1 fully saturated rings. The van der Waals surface area contributed by atoms with Crippen molar-refractivity contribution >= 4 is 17.7 Å². The van der Waals surface area contributed by atoms with Gasteiger partial charge in [-0.1, -0.05) is 0 Å². The number of rotatable bonds is 5. The van der Waals surface area contributed by atoms with Crippen molar-refractivity contribution in [3.05, 3.63) is 0 Å². The lowest BCUT2D eigenvalue weighted by atomic mass is 10.1. The van der Waals surface area contributed by atoms with E-state index >= 15 is 0 Å². The highest BCUT2D eigenvalue weighted by Gasteiger charge is 2.36. The van der Waals surface area contributed by atoms with Gasteiger partial charge in [-0.2, -0.15) is 0 Å². The molecule has 1 aliphatic rings. The lowest BCUT2D eigenvalue weighted by Crippen LogP contribution is -2.41. The molecule has 0 spiro atoms. The predicted molar refractivity (Wildman–Crippen MR) is 61.7 cm³/mol. The SMILES string of the molecule is CNCCCNC(=O)C1(C)CCCS1. The number of carbonyl (C=O) groups excluding carboxylic acids is 1. The van der Waals surface area contributed by atoms with Crippen molar-refractivity contribution in [2.45, 2.75) is 30.9 Å². The fraction of sp³-hybridized carbons (Fsp3) is 0.900. The number of carbonyl (C=O) groups is 1. The molecule has 1 amide bonds. The standard InChI is InChI=1S/C10H20N2OS/c1-10(5-3-8-14-10)9(13)12-7-4-6-11-2/h11H,3-8H2,1-2H3,(H,12,13). The van der Waals surface area contributed by atoms with Gasteiger partial charge in [0.1, 0.15) is 0 Å². The number of thioether (sulfide) groups is 1. The fourth-order valence-electron chi connectivity index (χ4n) is 1.61. The van der Waals surface area contributed by atoms with Crippen LogP contribution in [0, 0.1) is 0 Å². The van der Waals surface area contributed by atoms with Crippen molar-refractivity contribution in [3.63, 3.8) is 0 Å². The van der Waals surface area contributed by atoms with E-state index in [1.54, 1.807) is 11.8 Å². The summed E-state index contributed by atoms with van der Waals surface area (Å²) >= 11 is 1.79. The quantitative estimate of drug-likeness (QED) is 0.674. The first-order valence-corrected chi connectivity index (χ1v) is 6.24. The molecular formula is C10H20N2OS. The molecule has 1 heterocycles. The third-order valence-electron chi connectivity index (χ3n) is 2.59. The Balaban J connectivity index is 2.20. The summed E-state index contributed by atoms with van der Waals surface area (Å²) in [6.07, 6.45) is 3.20. The predicted octanol–water partition coefficient (Wildman–Crippen LogP) is 0.998. The van der Waals surface area contributed by atoms with Crippen LogP contribution in [0.2, 0.25) is 0 Å². The summed E-state index contributed by atoms with van der Waals surface area (Å²) < 4.78 is -0.153. The Morgan fingerprint density at radius 3 is 2.86 bits per heavy atom. The summed E-state index contributed by atoms with van der Waals surface area (Å²) in [6, 6.07) is 0. The number of hydrogen-bond donors (Lipinski definition) is 2. The summed E-state index contributed by atoms with van der Waals surface area (Å²) in [5.74, 6) is 1.34. The zero-order chi connectivity index (χ0) is 10.4. The second-order valence-corrected chi connectivity index (χ2v) is 5.49. The van der Waals surface area contributed by atoms with E-state index in [1.165, 1.54) is 6.42 Å². The third kappa shape index (κ3) is 3.17. The van der Waals surface area contributed by atoms with E-state index in [-0.39, 0.29) is 10.7 Å². The normalized spacial score (nSPS) is 26.4.